The van der Waals surface area contributed by atoms with E-state index in [1.807, 2.05) is 11.7 Å². The van der Waals surface area contributed by atoms with Crippen LogP contribution in [0.2, 0.25) is 0 Å². The lowest BCUT2D eigenvalue weighted by atomic mass is 10.1. The maximum Gasteiger partial charge on any atom is 0.191 e. The molecule has 160 valence electrons. The van der Waals surface area contributed by atoms with Gasteiger partial charge >= 0.3 is 0 Å². The van der Waals surface area contributed by atoms with Crippen LogP contribution in [0, 0.1) is 6.92 Å². The molecule has 3 rings (SSSR count). The molecule has 2 N–H and O–H groups in total. The third kappa shape index (κ3) is 6.07. The molecule has 0 fully saturated rings. The Labute approximate surface area is 190 Å². The fourth-order valence-electron chi connectivity index (χ4n) is 3.42. The van der Waals surface area contributed by atoms with Gasteiger partial charge in [0.2, 0.25) is 0 Å². The summed E-state index contributed by atoms with van der Waals surface area (Å²) in [5, 5.41) is 11.6. The van der Waals surface area contributed by atoms with Gasteiger partial charge in [0.1, 0.15) is 11.6 Å². The molecule has 0 saturated carbocycles. The predicted octanol–water partition coefficient (Wildman–Crippen LogP) is 3.06. The number of aliphatic imine (C=N–C) groups is 1. The van der Waals surface area contributed by atoms with Gasteiger partial charge in [0, 0.05) is 32.0 Å². The van der Waals surface area contributed by atoms with Gasteiger partial charge in [-0.3, -0.25) is 4.99 Å². The smallest absolute Gasteiger partial charge is 0.191 e. The lowest BCUT2D eigenvalue weighted by Crippen LogP contribution is -2.47. The van der Waals surface area contributed by atoms with Crippen molar-refractivity contribution < 1.29 is 4.74 Å². The molecule has 0 radical (unpaired) electrons. The van der Waals surface area contributed by atoms with E-state index in [1.54, 1.807) is 7.11 Å². The second-order valence-electron chi connectivity index (χ2n) is 7.66. The second kappa shape index (κ2) is 10.8. The van der Waals surface area contributed by atoms with Crippen LogP contribution in [-0.2, 0) is 19.4 Å². The normalized spacial score (nSPS) is 16.2. The molecular formula is C21H33IN6O. The van der Waals surface area contributed by atoms with Crippen LogP contribution in [0.4, 0.5) is 0 Å². The summed E-state index contributed by atoms with van der Waals surface area (Å²) in [7, 11) is 3.52. The number of benzene rings is 1. The Morgan fingerprint density at radius 1 is 1.38 bits per heavy atom. The van der Waals surface area contributed by atoms with Gasteiger partial charge in [0.25, 0.3) is 0 Å². The van der Waals surface area contributed by atoms with Crippen molar-refractivity contribution in [1.82, 2.24) is 25.4 Å². The Balaban J connectivity index is 0.00000300. The summed E-state index contributed by atoms with van der Waals surface area (Å²) in [4.78, 5) is 9.03. The summed E-state index contributed by atoms with van der Waals surface area (Å²) in [5.74, 6) is 4.16. The van der Waals surface area contributed by atoms with E-state index in [4.69, 9.17) is 4.74 Å². The predicted molar refractivity (Wildman–Crippen MR) is 128 cm³/mol. The van der Waals surface area contributed by atoms with Crippen LogP contribution >= 0.6 is 24.0 Å². The van der Waals surface area contributed by atoms with Crippen molar-refractivity contribution in [3.8, 4) is 5.75 Å². The number of hydrogen-bond acceptors (Lipinski definition) is 4. The van der Waals surface area contributed by atoms with Gasteiger partial charge < -0.3 is 15.4 Å². The summed E-state index contributed by atoms with van der Waals surface area (Å²) >= 11 is 0. The van der Waals surface area contributed by atoms with Crippen LogP contribution in [-0.4, -0.2) is 47.5 Å². The zero-order chi connectivity index (χ0) is 20.1. The number of rotatable bonds is 6. The number of aromatic nitrogens is 3. The molecule has 2 aromatic rings. The van der Waals surface area contributed by atoms with E-state index in [2.05, 4.69) is 64.7 Å². The van der Waals surface area contributed by atoms with Crippen molar-refractivity contribution >= 4 is 29.9 Å². The molecule has 1 atom stereocenters. The molecule has 1 aliphatic heterocycles. The van der Waals surface area contributed by atoms with Gasteiger partial charge in [0.15, 0.2) is 11.8 Å². The van der Waals surface area contributed by atoms with E-state index in [0.29, 0.717) is 12.0 Å². The van der Waals surface area contributed by atoms with Crippen LogP contribution in [0.1, 0.15) is 49.0 Å². The van der Waals surface area contributed by atoms with E-state index in [0.717, 1.165) is 61.3 Å². The van der Waals surface area contributed by atoms with Crippen LogP contribution in [0.15, 0.2) is 23.2 Å². The molecule has 0 bridgehead atoms. The van der Waals surface area contributed by atoms with Crippen molar-refractivity contribution in [3.63, 3.8) is 0 Å². The van der Waals surface area contributed by atoms with Crippen molar-refractivity contribution in [3.05, 3.63) is 41.0 Å². The number of fused-ring (bicyclic) bond motifs is 1. The average Bonchev–Trinajstić information content (AvgIpc) is 3.12. The fraction of sp³-hybridized carbons (Fsp3) is 0.571. The van der Waals surface area contributed by atoms with Gasteiger partial charge in [-0.05, 0) is 37.0 Å². The van der Waals surface area contributed by atoms with Crippen molar-refractivity contribution in [2.75, 3.05) is 20.7 Å². The van der Waals surface area contributed by atoms with Crippen LogP contribution in [0.3, 0.4) is 0 Å². The van der Waals surface area contributed by atoms with Crippen molar-refractivity contribution in [1.29, 1.82) is 0 Å². The Kier molecular flexibility index (Phi) is 8.73. The molecular weight excluding hydrogens is 479 g/mol. The number of ether oxygens (including phenoxy) is 1. The van der Waals surface area contributed by atoms with Gasteiger partial charge in [-0.2, -0.15) is 5.10 Å². The summed E-state index contributed by atoms with van der Waals surface area (Å²) in [6, 6.07) is 6.66. The van der Waals surface area contributed by atoms with Crippen molar-refractivity contribution in [2.45, 2.75) is 58.5 Å². The van der Waals surface area contributed by atoms with Gasteiger partial charge in [-0.15, -0.1) is 24.0 Å². The number of methoxy groups -OCH3 is 1. The lowest BCUT2D eigenvalue weighted by molar-refractivity contribution is 0.391. The highest BCUT2D eigenvalue weighted by Gasteiger charge is 2.23. The molecule has 0 spiro atoms. The highest BCUT2D eigenvalue weighted by Crippen LogP contribution is 2.19. The summed E-state index contributed by atoms with van der Waals surface area (Å²) in [5.41, 5.74) is 2.40. The zero-order valence-electron chi connectivity index (χ0n) is 18.0. The minimum absolute atomic E-state index is 0. The van der Waals surface area contributed by atoms with Crippen LogP contribution < -0.4 is 15.4 Å². The van der Waals surface area contributed by atoms with Gasteiger partial charge in [-0.25, -0.2) is 9.67 Å². The zero-order valence-corrected chi connectivity index (χ0v) is 20.4. The third-order valence-electron chi connectivity index (χ3n) is 5.13. The number of hydrogen-bond donors (Lipinski definition) is 2. The van der Waals surface area contributed by atoms with E-state index in [1.165, 1.54) is 5.56 Å². The minimum Gasteiger partial charge on any atom is -0.496 e. The van der Waals surface area contributed by atoms with Crippen LogP contribution in [0.25, 0.3) is 0 Å². The molecule has 0 saturated heterocycles. The maximum absolute atomic E-state index is 5.41. The molecule has 7 nitrogen and oxygen atoms in total. The number of nitrogens with one attached hydrogen (secondary N) is 2. The molecule has 29 heavy (non-hydrogen) atoms. The maximum atomic E-state index is 5.41. The SMILES string of the molecule is CN=C(NCCc1ccc(C)c(OC)c1)NC1CCc2nc(C(C)C)nn2C1.I. The Morgan fingerprint density at radius 2 is 2.17 bits per heavy atom. The molecule has 0 amide bonds. The quantitative estimate of drug-likeness (QED) is 0.354. The standard InChI is InChI=1S/C21H32N6O.HI/c1-14(2)20-25-19-9-8-17(13-27(19)26-20)24-21(22-4)23-11-10-16-7-6-15(3)18(12-16)28-5;/h6-7,12,14,17H,8-11,13H2,1-5H3,(H2,22,23,24);1H. The second-order valence-corrected chi connectivity index (χ2v) is 7.66. The first-order valence-electron chi connectivity index (χ1n) is 10.0. The Morgan fingerprint density at radius 3 is 2.86 bits per heavy atom. The number of aryl methyl sites for hydroxylation is 2. The highest BCUT2D eigenvalue weighted by atomic mass is 127. The molecule has 1 aromatic heterocycles. The molecule has 1 aliphatic rings. The molecule has 2 heterocycles. The van der Waals surface area contributed by atoms with E-state index in [-0.39, 0.29) is 24.0 Å². The fourth-order valence-corrected chi connectivity index (χ4v) is 3.42. The van der Waals surface area contributed by atoms with Gasteiger partial charge in [-0.1, -0.05) is 26.0 Å². The van der Waals surface area contributed by atoms with E-state index in [9.17, 15) is 0 Å². The van der Waals surface area contributed by atoms with Crippen molar-refractivity contribution in [2.24, 2.45) is 4.99 Å². The first-order valence-corrected chi connectivity index (χ1v) is 10.0. The first kappa shape index (κ1) is 23.4. The molecule has 1 unspecified atom stereocenters. The average molecular weight is 512 g/mol. The lowest BCUT2D eigenvalue weighted by Gasteiger charge is -2.25. The minimum atomic E-state index is 0. The highest BCUT2D eigenvalue weighted by molar-refractivity contribution is 14.0. The topological polar surface area (TPSA) is 76.4 Å². The summed E-state index contributed by atoms with van der Waals surface area (Å²) < 4.78 is 7.45. The molecule has 1 aromatic carbocycles. The summed E-state index contributed by atoms with van der Waals surface area (Å²) in [6.07, 6.45) is 2.89. The number of guanidine groups is 1. The third-order valence-corrected chi connectivity index (χ3v) is 5.13. The van der Waals surface area contributed by atoms with E-state index >= 15 is 0 Å². The summed E-state index contributed by atoms with van der Waals surface area (Å²) in [6.45, 7) is 7.95. The Bertz CT molecular complexity index is 833. The molecule has 0 aliphatic carbocycles. The van der Waals surface area contributed by atoms with Crippen LogP contribution in [0.5, 0.6) is 5.75 Å². The Hall–Kier alpha value is -1.84. The van der Waals surface area contributed by atoms with E-state index < -0.39 is 0 Å². The largest absolute Gasteiger partial charge is 0.496 e. The van der Waals surface area contributed by atoms with Gasteiger partial charge in [0.05, 0.1) is 13.7 Å². The first-order chi connectivity index (χ1) is 13.5. The number of halogens is 1. The molecule has 8 heteroatoms. The monoisotopic (exact) mass is 512 g/mol. The number of nitrogens with zero attached hydrogens (tertiary/aromatic N) is 4.